The molecular weight excluding hydrogens is 302 g/mol. The molecule has 7 heteroatoms. The summed E-state index contributed by atoms with van der Waals surface area (Å²) in [5, 5.41) is 0. The minimum Gasteiger partial charge on any atom is -0.368 e. The van der Waals surface area contributed by atoms with Gasteiger partial charge >= 0.3 is 0 Å². The van der Waals surface area contributed by atoms with Gasteiger partial charge in [-0.25, -0.2) is 15.0 Å². The van der Waals surface area contributed by atoms with Crippen molar-refractivity contribution in [2.75, 3.05) is 43.9 Å². The van der Waals surface area contributed by atoms with E-state index in [1.807, 2.05) is 12.3 Å². The Hall–Kier alpha value is -2.28. The van der Waals surface area contributed by atoms with Crippen LogP contribution in [0.15, 0.2) is 12.3 Å². The van der Waals surface area contributed by atoms with Crippen LogP contribution in [-0.4, -0.2) is 58.1 Å². The van der Waals surface area contributed by atoms with Crippen LogP contribution in [0.25, 0.3) is 11.5 Å². The van der Waals surface area contributed by atoms with Gasteiger partial charge in [0.05, 0.1) is 0 Å². The molecule has 0 bridgehead atoms. The van der Waals surface area contributed by atoms with Gasteiger partial charge in [0.2, 0.25) is 5.95 Å². The molecule has 0 spiro atoms. The standard InChI is InChI=1S/C17H23N7/c1-23-6-8-24(9-7-23)15-10-14(21-17(18)22-15)16-19-11-12-4-2-3-5-13(12)20-16/h10-11H,2-9H2,1H3,(H2,18,21,22). The highest BCUT2D eigenvalue weighted by molar-refractivity contribution is 5.59. The van der Waals surface area contributed by atoms with E-state index < -0.39 is 0 Å². The first-order chi connectivity index (χ1) is 11.7. The normalized spacial score (nSPS) is 18.5. The number of rotatable bonds is 2. The van der Waals surface area contributed by atoms with Crippen LogP contribution in [0.4, 0.5) is 11.8 Å². The van der Waals surface area contributed by atoms with E-state index in [0.717, 1.165) is 50.5 Å². The summed E-state index contributed by atoms with van der Waals surface area (Å²) < 4.78 is 0. The molecule has 0 saturated carbocycles. The second-order valence-corrected chi connectivity index (χ2v) is 6.63. The maximum atomic E-state index is 5.95. The van der Waals surface area contributed by atoms with Gasteiger partial charge in [-0.3, -0.25) is 0 Å². The number of hydrogen-bond acceptors (Lipinski definition) is 7. The van der Waals surface area contributed by atoms with E-state index in [1.165, 1.54) is 18.4 Å². The largest absolute Gasteiger partial charge is 0.368 e. The van der Waals surface area contributed by atoms with Crippen LogP contribution >= 0.6 is 0 Å². The van der Waals surface area contributed by atoms with Crippen molar-refractivity contribution in [2.45, 2.75) is 25.7 Å². The fourth-order valence-corrected chi connectivity index (χ4v) is 3.36. The number of nitrogens with two attached hydrogens (primary N) is 1. The first-order valence-electron chi connectivity index (χ1n) is 8.62. The minimum atomic E-state index is 0.280. The zero-order valence-electron chi connectivity index (χ0n) is 14.1. The lowest BCUT2D eigenvalue weighted by Gasteiger charge is -2.33. The average Bonchev–Trinajstić information content (AvgIpc) is 2.61. The average molecular weight is 325 g/mol. The fourth-order valence-electron chi connectivity index (χ4n) is 3.36. The molecule has 0 atom stereocenters. The Bertz CT molecular complexity index is 738. The summed E-state index contributed by atoms with van der Waals surface area (Å²) in [7, 11) is 2.14. The van der Waals surface area contributed by atoms with Gasteiger partial charge in [0.25, 0.3) is 0 Å². The molecule has 126 valence electrons. The number of hydrogen-bond donors (Lipinski definition) is 1. The van der Waals surface area contributed by atoms with Crippen molar-refractivity contribution < 1.29 is 0 Å². The monoisotopic (exact) mass is 325 g/mol. The van der Waals surface area contributed by atoms with E-state index in [2.05, 4.69) is 31.8 Å². The van der Waals surface area contributed by atoms with E-state index in [1.54, 1.807) is 0 Å². The van der Waals surface area contributed by atoms with Crippen molar-refractivity contribution in [1.82, 2.24) is 24.8 Å². The van der Waals surface area contributed by atoms with E-state index >= 15 is 0 Å². The number of likely N-dealkylation sites (N-methyl/N-ethyl adjacent to an activating group) is 1. The Morgan fingerprint density at radius 2 is 1.79 bits per heavy atom. The van der Waals surface area contributed by atoms with Crippen molar-refractivity contribution in [1.29, 1.82) is 0 Å². The van der Waals surface area contributed by atoms with E-state index in [9.17, 15) is 0 Å². The van der Waals surface area contributed by atoms with Crippen LogP contribution in [0.1, 0.15) is 24.1 Å². The van der Waals surface area contributed by atoms with Crippen LogP contribution in [0, 0.1) is 0 Å². The summed E-state index contributed by atoms with van der Waals surface area (Å²) in [6, 6.07) is 1.96. The molecule has 2 aliphatic rings. The molecule has 24 heavy (non-hydrogen) atoms. The lowest BCUT2D eigenvalue weighted by molar-refractivity contribution is 0.312. The number of anilines is 2. The third kappa shape index (κ3) is 3.03. The SMILES string of the molecule is CN1CCN(c2cc(-c3ncc4c(n3)CCCC4)nc(N)n2)CC1. The molecule has 0 unspecified atom stereocenters. The predicted molar refractivity (Wildman–Crippen MR) is 93.8 cm³/mol. The topological polar surface area (TPSA) is 84.1 Å². The fraction of sp³-hybridized carbons (Fsp3) is 0.529. The summed E-state index contributed by atoms with van der Waals surface area (Å²) in [4.78, 5) is 22.6. The van der Waals surface area contributed by atoms with Crippen LogP contribution in [0.3, 0.4) is 0 Å². The predicted octanol–water partition coefficient (Wildman–Crippen LogP) is 1.15. The molecule has 0 amide bonds. The molecule has 1 aliphatic heterocycles. The summed E-state index contributed by atoms with van der Waals surface area (Å²) >= 11 is 0. The summed E-state index contributed by atoms with van der Waals surface area (Å²) in [5.74, 6) is 1.80. The zero-order chi connectivity index (χ0) is 16.5. The molecule has 1 saturated heterocycles. The highest BCUT2D eigenvalue weighted by Crippen LogP contribution is 2.24. The highest BCUT2D eigenvalue weighted by atomic mass is 15.3. The number of nitrogens with zero attached hydrogens (tertiary/aromatic N) is 6. The first-order valence-corrected chi connectivity index (χ1v) is 8.62. The summed E-state index contributed by atoms with van der Waals surface area (Å²) in [6.07, 6.45) is 6.47. The van der Waals surface area contributed by atoms with E-state index in [-0.39, 0.29) is 5.95 Å². The molecule has 1 aliphatic carbocycles. The summed E-state index contributed by atoms with van der Waals surface area (Å²) in [6.45, 7) is 3.93. The second kappa shape index (κ2) is 6.32. The second-order valence-electron chi connectivity index (χ2n) is 6.63. The molecule has 2 aromatic rings. The number of piperazine rings is 1. The van der Waals surface area contributed by atoms with Crippen LogP contribution in [0.5, 0.6) is 0 Å². The van der Waals surface area contributed by atoms with Crippen molar-refractivity contribution in [3.8, 4) is 11.5 Å². The molecule has 2 N–H and O–H groups in total. The molecule has 0 radical (unpaired) electrons. The van der Waals surface area contributed by atoms with Gasteiger partial charge in [-0.05, 0) is 38.3 Å². The third-order valence-electron chi connectivity index (χ3n) is 4.85. The van der Waals surface area contributed by atoms with Gasteiger partial charge in [-0.15, -0.1) is 0 Å². The third-order valence-corrected chi connectivity index (χ3v) is 4.85. The number of aryl methyl sites for hydroxylation is 2. The molecule has 2 aromatic heterocycles. The van der Waals surface area contributed by atoms with Gasteiger partial charge in [0.15, 0.2) is 5.82 Å². The Labute approximate surface area is 141 Å². The Morgan fingerprint density at radius 3 is 2.62 bits per heavy atom. The van der Waals surface area contributed by atoms with Gasteiger partial charge < -0.3 is 15.5 Å². The van der Waals surface area contributed by atoms with Gasteiger partial charge in [-0.1, -0.05) is 0 Å². The van der Waals surface area contributed by atoms with Crippen LogP contribution < -0.4 is 10.6 Å². The first kappa shape index (κ1) is 15.3. The minimum absolute atomic E-state index is 0.280. The number of nitrogen functional groups attached to an aromatic ring is 1. The Balaban J connectivity index is 1.66. The number of aromatic nitrogens is 4. The van der Waals surface area contributed by atoms with Crippen molar-refractivity contribution in [2.24, 2.45) is 0 Å². The molecule has 4 rings (SSSR count). The molecule has 7 nitrogen and oxygen atoms in total. The van der Waals surface area contributed by atoms with Crippen molar-refractivity contribution in [3.63, 3.8) is 0 Å². The van der Waals surface area contributed by atoms with E-state index in [4.69, 9.17) is 10.7 Å². The Morgan fingerprint density at radius 1 is 1.00 bits per heavy atom. The smallest absolute Gasteiger partial charge is 0.222 e. The van der Waals surface area contributed by atoms with Gasteiger partial charge in [-0.2, -0.15) is 4.98 Å². The van der Waals surface area contributed by atoms with Crippen molar-refractivity contribution >= 4 is 11.8 Å². The van der Waals surface area contributed by atoms with Crippen molar-refractivity contribution in [3.05, 3.63) is 23.5 Å². The number of fused-ring (bicyclic) bond motifs is 1. The molecule has 1 fully saturated rings. The lowest BCUT2D eigenvalue weighted by Crippen LogP contribution is -2.44. The highest BCUT2D eigenvalue weighted by Gasteiger charge is 2.19. The van der Waals surface area contributed by atoms with Gasteiger partial charge in [0.1, 0.15) is 11.5 Å². The summed E-state index contributed by atoms with van der Waals surface area (Å²) in [5.41, 5.74) is 9.09. The maximum absolute atomic E-state index is 5.95. The zero-order valence-corrected chi connectivity index (χ0v) is 14.1. The van der Waals surface area contributed by atoms with Crippen LogP contribution in [0.2, 0.25) is 0 Å². The Kier molecular flexibility index (Phi) is 4.02. The van der Waals surface area contributed by atoms with Gasteiger partial charge in [0, 0.05) is 44.1 Å². The van der Waals surface area contributed by atoms with E-state index in [0.29, 0.717) is 11.5 Å². The quantitative estimate of drug-likeness (QED) is 0.886. The molecular formula is C17H23N7. The van der Waals surface area contributed by atoms with Crippen LogP contribution in [-0.2, 0) is 12.8 Å². The molecule has 3 heterocycles. The maximum Gasteiger partial charge on any atom is 0.222 e. The lowest BCUT2D eigenvalue weighted by atomic mass is 9.97. The molecule has 0 aromatic carbocycles.